The van der Waals surface area contributed by atoms with Crippen LogP contribution in [0.15, 0.2) is 24.3 Å². The zero-order valence-corrected chi connectivity index (χ0v) is 14.8. The van der Waals surface area contributed by atoms with Crippen molar-refractivity contribution in [2.24, 2.45) is 11.8 Å². The lowest BCUT2D eigenvalue weighted by Gasteiger charge is -2.22. The minimum absolute atomic E-state index is 0.0183. The first kappa shape index (κ1) is 19.2. The van der Waals surface area contributed by atoms with E-state index in [0.717, 1.165) is 25.7 Å². The van der Waals surface area contributed by atoms with Crippen LogP contribution in [0.5, 0.6) is 0 Å². The molecule has 136 valence electrons. The first-order valence-corrected chi connectivity index (χ1v) is 9.50. The summed E-state index contributed by atoms with van der Waals surface area (Å²) in [4.78, 5) is 11.3. The largest absolute Gasteiger partial charge is 0.462 e. The molecule has 2 aliphatic rings. The summed E-state index contributed by atoms with van der Waals surface area (Å²) >= 11 is 0. The van der Waals surface area contributed by atoms with E-state index in [1.54, 1.807) is 12.2 Å². The van der Waals surface area contributed by atoms with Crippen LogP contribution in [0.3, 0.4) is 0 Å². The fourth-order valence-corrected chi connectivity index (χ4v) is 3.42. The van der Waals surface area contributed by atoms with E-state index < -0.39 is 12.2 Å². The standard InChI is InChI=1S/C20H32O4/c1-2-3-4-5-6-7-9-15(21)12-13-18(22)16-14-17(16)19-10-8-11-20(23)24-19/h6-7,12-13,15-19,21-22H,2-5,8-11,14H2,1H3/b7-6-,13-12+/t15-,16+,17+,18+,19-/m1/s1. The van der Waals surface area contributed by atoms with Crippen molar-refractivity contribution in [1.29, 1.82) is 0 Å². The monoisotopic (exact) mass is 336 g/mol. The molecular formula is C20H32O4. The lowest BCUT2D eigenvalue weighted by molar-refractivity contribution is -0.155. The summed E-state index contributed by atoms with van der Waals surface area (Å²) in [5.41, 5.74) is 0. The van der Waals surface area contributed by atoms with E-state index in [4.69, 9.17) is 4.74 Å². The molecule has 0 aromatic carbocycles. The Balaban J connectivity index is 1.64. The van der Waals surface area contributed by atoms with Gasteiger partial charge < -0.3 is 14.9 Å². The molecule has 2 fully saturated rings. The number of hydrogen-bond donors (Lipinski definition) is 2. The van der Waals surface area contributed by atoms with Crippen molar-refractivity contribution in [3.63, 3.8) is 0 Å². The molecule has 5 atom stereocenters. The van der Waals surface area contributed by atoms with Gasteiger partial charge in [-0.15, -0.1) is 0 Å². The molecule has 0 unspecified atom stereocenters. The van der Waals surface area contributed by atoms with Gasteiger partial charge >= 0.3 is 5.97 Å². The number of aliphatic hydroxyl groups is 2. The number of unbranched alkanes of at least 4 members (excludes halogenated alkanes) is 3. The number of hydrogen-bond acceptors (Lipinski definition) is 4. The summed E-state index contributed by atoms with van der Waals surface area (Å²) in [5, 5.41) is 20.2. The van der Waals surface area contributed by atoms with Crippen LogP contribution in [0.1, 0.15) is 64.7 Å². The van der Waals surface area contributed by atoms with Crippen LogP contribution < -0.4 is 0 Å². The third-order valence-corrected chi connectivity index (χ3v) is 5.01. The van der Waals surface area contributed by atoms with Gasteiger partial charge in [0.2, 0.25) is 0 Å². The summed E-state index contributed by atoms with van der Waals surface area (Å²) in [6.07, 6.45) is 14.9. The van der Waals surface area contributed by atoms with Crippen molar-refractivity contribution in [2.75, 3.05) is 0 Å². The molecular weight excluding hydrogens is 304 g/mol. The molecule has 2 N–H and O–H groups in total. The Hall–Kier alpha value is -1.13. The van der Waals surface area contributed by atoms with Crippen LogP contribution in [0.25, 0.3) is 0 Å². The van der Waals surface area contributed by atoms with E-state index in [0.29, 0.717) is 12.8 Å². The molecule has 1 aliphatic heterocycles. The summed E-state index contributed by atoms with van der Waals surface area (Å²) in [6.45, 7) is 2.19. The maximum atomic E-state index is 11.3. The summed E-state index contributed by atoms with van der Waals surface area (Å²) < 4.78 is 5.38. The Morgan fingerprint density at radius 1 is 1.25 bits per heavy atom. The van der Waals surface area contributed by atoms with Gasteiger partial charge in [-0.1, -0.05) is 44.1 Å². The first-order chi connectivity index (χ1) is 11.6. The topological polar surface area (TPSA) is 66.8 Å². The van der Waals surface area contributed by atoms with Crippen LogP contribution in [0.2, 0.25) is 0 Å². The van der Waals surface area contributed by atoms with Gasteiger partial charge in [0.15, 0.2) is 0 Å². The highest BCUT2D eigenvalue weighted by Gasteiger charge is 2.48. The second-order valence-electron chi connectivity index (χ2n) is 7.13. The van der Waals surface area contributed by atoms with Gasteiger partial charge in [-0.3, -0.25) is 4.79 Å². The van der Waals surface area contributed by atoms with E-state index in [2.05, 4.69) is 13.0 Å². The number of esters is 1. The number of carbonyl (C=O) groups is 1. The Labute approximate surface area is 145 Å². The number of carbonyl (C=O) groups excluding carboxylic acids is 1. The molecule has 0 radical (unpaired) electrons. The van der Waals surface area contributed by atoms with Crippen molar-refractivity contribution in [3.05, 3.63) is 24.3 Å². The second kappa shape index (κ2) is 10.00. The van der Waals surface area contributed by atoms with Crippen molar-refractivity contribution < 1.29 is 19.7 Å². The molecule has 1 saturated heterocycles. The molecule has 1 heterocycles. The molecule has 0 bridgehead atoms. The van der Waals surface area contributed by atoms with Crippen LogP contribution >= 0.6 is 0 Å². The van der Waals surface area contributed by atoms with E-state index in [9.17, 15) is 15.0 Å². The normalized spacial score (nSPS) is 29.8. The summed E-state index contributed by atoms with van der Waals surface area (Å²) in [5.74, 6) is 0.335. The van der Waals surface area contributed by atoms with Gasteiger partial charge in [0, 0.05) is 12.3 Å². The number of ether oxygens (including phenoxy) is 1. The van der Waals surface area contributed by atoms with Crippen LogP contribution in [-0.4, -0.2) is 34.5 Å². The highest BCUT2D eigenvalue weighted by atomic mass is 16.5. The minimum Gasteiger partial charge on any atom is -0.462 e. The van der Waals surface area contributed by atoms with Gasteiger partial charge in [-0.25, -0.2) is 0 Å². The highest BCUT2D eigenvalue weighted by molar-refractivity contribution is 5.70. The molecule has 24 heavy (non-hydrogen) atoms. The van der Waals surface area contributed by atoms with Crippen molar-refractivity contribution in [1.82, 2.24) is 0 Å². The average molecular weight is 336 g/mol. The molecule has 0 aromatic heterocycles. The fourth-order valence-electron chi connectivity index (χ4n) is 3.42. The molecule has 4 nitrogen and oxygen atoms in total. The molecule has 0 spiro atoms. The van der Waals surface area contributed by atoms with Gasteiger partial charge in [0.1, 0.15) is 6.10 Å². The SMILES string of the molecule is CCCCC/C=C\C[C@@H](O)/C=C/[C@H](O)[C@H]1C[C@@H]1[C@H]1CCCC(=O)O1. The lowest BCUT2D eigenvalue weighted by atomic mass is 10.0. The van der Waals surface area contributed by atoms with E-state index in [-0.39, 0.29) is 23.9 Å². The second-order valence-corrected chi connectivity index (χ2v) is 7.13. The maximum Gasteiger partial charge on any atom is 0.306 e. The first-order valence-electron chi connectivity index (χ1n) is 9.50. The quantitative estimate of drug-likeness (QED) is 0.364. The maximum absolute atomic E-state index is 11.3. The van der Waals surface area contributed by atoms with Gasteiger partial charge in [-0.05, 0) is 44.4 Å². The van der Waals surface area contributed by atoms with Crippen LogP contribution in [0.4, 0.5) is 0 Å². The Kier molecular flexibility index (Phi) is 8.00. The van der Waals surface area contributed by atoms with E-state index >= 15 is 0 Å². The zero-order chi connectivity index (χ0) is 17.4. The molecule has 4 heteroatoms. The van der Waals surface area contributed by atoms with Gasteiger partial charge in [0.05, 0.1) is 12.2 Å². The number of allylic oxidation sites excluding steroid dienone is 1. The Morgan fingerprint density at radius 3 is 2.83 bits per heavy atom. The van der Waals surface area contributed by atoms with Gasteiger partial charge in [0.25, 0.3) is 0 Å². The molecule has 0 aromatic rings. The zero-order valence-electron chi connectivity index (χ0n) is 14.8. The summed E-state index contributed by atoms with van der Waals surface area (Å²) in [7, 11) is 0. The number of aliphatic hydroxyl groups excluding tert-OH is 2. The molecule has 2 rings (SSSR count). The fraction of sp³-hybridized carbons (Fsp3) is 0.750. The van der Waals surface area contributed by atoms with Crippen molar-refractivity contribution in [2.45, 2.75) is 83.0 Å². The summed E-state index contributed by atoms with van der Waals surface area (Å²) in [6, 6.07) is 0. The highest BCUT2D eigenvalue weighted by Crippen LogP contribution is 2.47. The predicted octanol–water partition coefficient (Wildman–Crippen LogP) is 3.52. The average Bonchev–Trinajstić information content (AvgIpc) is 3.36. The number of cyclic esters (lactones) is 1. The minimum atomic E-state index is -0.557. The predicted molar refractivity (Wildman–Crippen MR) is 94.4 cm³/mol. The van der Waals surface area contributed by atoms with Crippen molar-refractivity contribution in [3.8, 4) is 0 Å². The van der Waals surface area contributed by atoms with E-state index in [1.165, 1.54) is 19.3 Å². The van der Waals surface area contributed by atoms with Gasteiger partial charge in [-0.2, -0.15) is 0 Å². The Morgan fingerprint density at radius 2 is 2.08 bits per heavy atom. The third kappa shape index (κ3) is 6.40. The number of rotatable bonds is 10. The van der Waals surface area contributed by atoms with E-state index in [1.807, 2.05) is 6.08 Å². The van der Waals surface area contributed by atoms with Crippen LogP contribution in [-0.2, 0) is 9.53 Å². The molecule has 1 saturated carbocycles. The smallest absolute Gasteiger partial charge is 0.306 e. The molecule has 0 amide bonds. The lowest BCUT2D eigenvalue weighted by Crippen LogP contribution is -2.27. The third-order valence-electron chi connectivity index (χ3n) is 5.01. The molecule has 1 aliphatic carbocycles. The Bertz CT molecular complexity index is 443. The van der Waals surface area contributed by atoms with Crippen molar-refractivity contribution >= 4 is 5.97 Å². The van der Waals surface area contributed by atoms with Crippen LogP contribution in [0, 0.1) is 11.8 Å².